The Bertz CT molecular complexity index is 792. The molecule has 0 unspecified atom stereocenters. The van der Waals surface area contributed by atoms with E-state index in [2.05, 4.69) is 0 Å². The second kappa shape index (κ2) is 6.93. The average Bonchev–Trinajstić information content (AvgIpc) is 2.61. The summed E-state index contributed by atoms with van der Waals surface area (Å²) in [6.07, 6.45) is 1.83. The van der Waals surface area contributed by atoms with Crippen molar-refractivity contribution >= 4 is 34.9 Å². The van der Waals surface area contributed by atoms with Crippen LogP contribution in [0.5, 0.6) is 0 Å². The molecule has 2 aromatic rings. The first kappa shape index (κ1) is 16.3. The number of anilines is 2. The summed E-state index contributed by atoms with van der Waals surface area (Å²) in [5.74, 6) is -0.912. The number of para-hydroxylation sites is 1. The third-order valence-corrected chi connectivity index (χ3v) is 4.21. The fraction of sp³-hybridized carbons (Fsp3) is 0.222. The van der Waals surface area contributed by atoms with E-state index in [1.165, 1.54) is 12.1 Å². The highest BCUT2D eigenvalue weighted by atomic mass is 35.5. The maximum atomic E-state index is 12.4. The van der Waals surface area contributed by atoms with Crippen LogP contribution in [0.1, 0.15) is 22.3 Å². The van der Waals surface area contributed by atoms with Crippen molar-refractivity contribution in [3.63, 3.8) is 0 Å². The van der Waals surface area contributed by atoms with Crippen molar-refractivity contribution < 1.29 is 14.3 Å². The van der Waals surface area contributed by atoms with E-state index >= 15 is 0 Å². The van der Waals surface area contributed by atoms with Gasteiger partial charge in [0.25, 0.3) is 5.91 Å². The number of nitrogens with two attached hydrogens (primary N) is 1. The summed E-state index contributed by atoms with van der Waals surface area (Å²) in [6, 6.07) is 12.3. The minimum Gasteiger partial charge on any atom is -0.452 e. The lowest BCUT2D eigenvalue weighted by molar-refractivity contribution is -0.121. The molecule has 1 aliphatic rings. The molecule has 1 aliphatic heterocycles. The zero-order chi connectivity index (χ0) is 17.1. The van der Waals surface area contributed by atoms with Crippen molar-refractivity contribution in [2.45, 2.75) is 12.8 Å². The molecule has 2 N–H and O–H groups in total. The zero-order valence-electron chi connectivity index (χ0n) is 13.0. The number of carbonyl (C=O) groups excluding carboxylic acids is 2. The number of amides is 1. The largest absolute Gasteiger partial charge is 0.452 e. The summed E-state index contributed by atoms with van der Waals surface area (Å²) in [5.41, 5.74) is 8.18. The maximum Gasteiger partial charge on any atom is 0.340 e. The Balaban J connectivity index is 1.68. The van der Waals surface area contributed by atoms with Crippen LogP contribution in [-0.2, 0) is 16.0 Å². The van der Waals surface area contributed by atoms with Gasteiger partial charge in [-0.2, -0.15) is 0 Å². The maximum absolute atomic E-state index is 12.4. The number of nitrogens with zero attached hydrogens (tertiary/aromatic N) is 1. The van der Waals surface area contributed by atoms with Crippen molar-refractivity contribution in [1.29, 1.82) is 0 Å². The Morgan fingerprint density at radius 3 is 2.83 bits per heavy atom. The minimum atomic E-state index is -0.659. The molecule has 1 amide bonds. The third kappa shape index (κ3) is 3.36. The standard InChI is InChI=1S/C18H17ClN2O3/c19-13-7-8-15(20)14(10-13)18(23)24-11-17(22)21-9-3-5-12-4-1-2-6-16(12)21/h1-2,4,6-8,10H,3,5,9,11,20H2. The molecular formula is C18H17ClN2O3. The normalized spacial score (nSPS) is 13.3. The summed E-state index contributed by atoms with van der Waals surface area (Å²) < 4.78 is 5.13. The first-order chi connectivity index (χ1) is 11.6. The fourth-order valence-corrected chi connectivity index (χ4v) is 2.95. The van der Waals surface area contributed by atoms with Crippen LogP contribution in [-0.4, -0.2) is 25.0 Å². The van der Waals surface area contributed by atoms with E-state index in [-0.39, 0.29) is 23.8 Å². The molecular weight excluding hydrogens is 328 g/mol. The molecule has 3 rings (SSSR count). The second-order valence-electron chi connectivity index (χ2n) is 5.59. The Labute approximate surface area is 145 Å². The van der Waals surface area contributed by atoms with Gasteiger partial charge in [-0.05, 0) is 42.7 Å². The van der Waals surface area contributed by atoms with Gasteiger partial charge >= 0.3 is 5.97 Å². The van der Waals surface area contributed by atoms with Crippen LogP contribution in [0.3, 0.4) is 0 Å². The molecule has 0 spiro atoms. The highest BCUT2D eigenvalue weighted by molar-refractivity contribution is 6.31. The van der Waals surface area contributed by atoms with Crippen LogP contribution in [0.2, 0.25) is 5.02 Å². The van der Waals surface area contributed by atoms with Gasteiger partial charge in [0, 0.05) is 22.9 Å². The van der Waals surface area contributed by atoms with Crippen molar-refractivity contribution in [2.24, 2.45) is 0 Å². The van der Waals surface area contributed by atoms with Crippen molar-refractivity contribution in [2.75, 3.05) is 23.8 Å². The Hall–Kier alpha value is -2.53. The monoisotopic (exact) mass is 344 g/mol. The Morgan fingerprint density at radius 2 is 2.00 bits per heavy atom. The predicted molar refractivity (Wildman–Crippen MR) is 93.3 cm³/mol. The van der Waals surface area contributed by atoms with Gasteiger partial charge in [0.15, 0.2) is 6.61 Å². The molecule has 2 aromatic carbocycles. The number of nitrogen functional groups attached to an aromatic ring is 1. The van der Waals surface area contributed by atoms with Crippen LogP contribution in [0.25, 0.3) is 0 Å². The van der Waals surface area contributed by atoms with Gasteiger partial charge in [0.1, 0.15) is 0 Å². The number of hydrogen-bond donors (Lipinski definition) is 1. The number of esters is 1. The summed E-state index contributed by atoms with van der Waals surface area (Å²) in [5, 5.41) is 0.382. The molecule has 0 aliphatic carbocycles. The van der Waals surface area contributed by atoms with Crippen LogP contribution in [0, 0.1) is 0 Å². The summed E-state index contributed by atoms with van der Waals surface area (Å²) in [6.45, 7) is 0.284. The van der Waals surface area contributed by atoms with Crippen molar-refractivity contribution in [1.82, 2.24) is 0 Å². The average molecular weight is 345 g/mol. The van der Waals surface area contributed by atoms with E-state index in [0.717, 1.165) is 24.1 Å². The number of rotatable bonds is 3. The van der Waals surface area contributed by atoms with Gasteiger partial charge in [0.05, 0.1) is 5.56 Å². The second-order valence-corrected chi connectivity index (χ2v) is 6.02. The molecule has 6 heteroatoms. The van der Waals surface area contributed by atoms with Gasteiger partial charge in [-0.3, -0.25) is 4.79 Å². The topological polar surface area (TPSA) is 72.6 Å². The number of aryl methyl sites for hydroxylation is 1. The molecule has 0 bridgehead atoms. The van der Waals surface area contributed by atoms with Gasteiger partial charge in [-0.1, -0.05) is 29.8 Å². The summed E-state index contributed by atoms with van der Waals surface area (Å²) in [7, 11) is 0. The van der Waals surface area contributed by atoms with E-state index in [4.69, 9.17) is 22.1 Å². The van der Waals surface area contributed by atoms with Gasteiger partial charge in [0.2, 0.25) is 0 Å². The highest BCUT2D eigenvalue weighted by Gasteiger charge is 2.23. The lowest BCUT2D eigenvalue weighted by Gasteiger charge is -2.29. The zero-order valence-corrected chi connectivity index (χ0v) is 13.8. The fourth-order valence-electron chi connectivity index (χ4n) is 2.78. The Kier molecular flexibility index (Phi) is 4.71. The first-order valence-corrected chi connectivity index (χ1v) is 8.04. The lowest BCUT2D eigenvalue weighted by atomic mass is 10.0. The molecule has 0 radical (unpaired) electrons. The number of fused-ring (bicyclic) bond motifs is 1. The molecule has 0 saturated heterocycles. The highest BCUT2D eigenvalue weighted by Crippen LogP contribution is 2.26. The van der Waals surface area contributed by atoms with E-state index < -0.39 is 5.97 Å². The smallest absolute Gasteiger partial charge is 0.340 e. The molecule has 0 aromatic heterocycles. The van der Waals surface area contributed by atoms with Crippen LogP contribution >= 0.6 is 11.6 Å². The Morgan fingerprint density at radius 1 is 1.21 bits per heavy atom. The van der Waals surface area contributed by atoms with E-state index in [1.807, 2.05) is 24.3 Å². The summed E-state index contributed by atoms with van der Waals surface area (Å²) >= 11 is 5.86. The number of benzene rings is 2. The van der Waals surface area contributed by atoms with Crippen molar-refractivity contribution in [3.05, 3.63) is 58.6 Å². The van der Waals surface area contributed by atoms with E-state index in [9.17, 15) is 9.59 Å². The number of halogens is 1. The first-order valence-electron chi connectivity index (χ1n) is 7.66. The van der Waals surface area contributed by atoms with E-state index in [1.54, 1.807) is 11.0 Å². The molecule has 124 valence electrons. The number of ether oxygens (including phenoxy) is 1. The predicted octanol–water partition coefficient (Wildman–Crippen LogP) is 3.06. The number of hydrogen-bond acceptors (Lipinski definition) is 4. The molecule has 0 fully saturated rings. The molecule has 0 saturated carbocycles. The SMILES string of the molecule is Nc1ccc(Cl)cc1C(=O)OCC(=O)N1CCCc2ccccc21. The molecule has 1 heterocycles. The van der Waals surface area contributed by atoms with Crippen molar-refractivity contribution in [3.8, 4) is 0 Å². The minimum absolute atomic E-state index is 0.161. The van der Waals surface area contributed by atoms with E-state index in [0.29, 0.717) is 11.6 Å². The van der Waals surface area contributed by atoms with Gasteiger partial charge in [-0.25, -0.2) is 4.79 Å². The van der Waals surface area contributed by atoms with Gasteiger partial charge < -0.3 is 15.4 Å². The lowest BCUT2D eigenvalue weighted by Crippen LogP contribution is -2.38. The summed E-state index contributed by atoms with van der Waals surface area (Å²) in [4.78, 5) is 26.2. The van der Waals surface area contributed by atoms with Crippen LogP contribution < -0.4 is 10.6 Å². The van der Waals surface area contributed by atoms with Gasteiger partial charge in [-0.15, -0.1) is 0 Å². The quantitative estimate of drug-likeness (QED) is 0.686. The molecule has 5 nitrogen and oxygen atoms in total. The molecule has 0 atom stereocenters. The molecule has 24 heavy (non-hydrogen) atoms. The van der Waals surface area contributed by atoms with Crippen LogP contribution in [0.15, 0.2) is 42.5 Å². The third-order valence-electron chi connectivity index (χ3n) is 3.97. The van der Waals surface area contributed by atoms with Crippen LogP contribution in [0.4, 0.5) is 11.4 Å². The number of carbonyl (C=O) groups is 2.